The van der Waals surface area contributed by atoms with Gasteiger partial charge in [-0.3, -0.25) is 9.69 Å². The van der Waals surface area contributed by atoms with E-state index in [9.17, 15) is 4.79 Å². The minimum atomic E-state index is -0.794. The molecule has 0 saturated carbocycles. The highest BCUT2D eigenvalue weighted by Crippen LogP contribution is 2.06. The van der Waals surface area contributed by atoms with Crippen LogP contribution in [-0.4, -0.2) is 46.8 Å². The number of rotatable bonds is 8. The van der Waals surface area contributed by atoms with Crippen LogP contribution in [0.1, 0.15) is 33.1 Å². The summed E-state index contributed by atoms with van der Waals surface area (Å²) in [4.78, 5) is 12.7. The second kappa shape index (κ2) is 7.76. The third-order valence-corrected chi connectivity index (χ3v) is 2.30. The molecule has 0 aliphatic rings. The molecule has 0 fully saturated rings. The van der Waals surface area contributed by atoms with Gasteiger partial charge in [-0.1, -0.05) is 20.3 Å². The lowest BCUT2D eigenvalue weighted by Gasteiger charge is -2.27. The maximum Gasteiger partial charge on any atom is 0.320 e. The van der Waals surface area contributed by atoms with Gasteiger partial charge in [0, 0.05) is 6.54 Å². The number of hydrogen-bond acceptors (Lipinski definition) is 3. The molecule has 0 bridgehead atoms. The fourth-order valence-corrected chi connectivity index (χ4v) is 1.50. The molecule has 0 aromatic carbocycles. The van der Waals surface area contributed by atoms with Crippen LogP contribution in [0.5, 0.6) is 0 Å². The molecule has 4 heteroatoms. The van der Waals surface area contributed by atoms with Gasteiger partial charge < -0.3 is 10.2 Å². The molecule has 84 valence electrons. The third kappa shape index (κ3) is 4.58. The highest BCUT2D eigenvalue weighted by Gasteiger charge is 2.22. The van der Waals surface area contributed by atoms with E-state index < -0.39 is 12.0 Å². The molecule has 0 aliphatic carbocycles. The Balaban J connectivity index is 4.19. The lowest BCUT2D eigenvalue weighted by atomic mass is 10.1. The van der Waals surface area contributed by atoms with Crippen molar-refractivity contribution < 1.29 is 15.0 Å². The quantitative estimate of drug-likeness (QED) is 0.616. The number of nitrogens with zero attached hydrogens (tertiary/aromatic N) is 1. The Hall–Kier alpha value is -0.610. The van der Waals surface area contributed by atoms with E-state index in [-0.39, 0.29) is 6.61 Å². The average molecular weight is 203 g/mol. The number of unbranched alkanes of at least 4 members (excludes halogenated alkanes) is 1. The first kappa shape index (κ1) is 13.4. The van der Waals surface area contributed by atoms with E-state index in [0.717, 1.165) is 19.4 Å². The van der Waals surface area contributed by atoms with E-state index in [2.05, 4.69) is 6.92 Å². The summed E-state index contributed by atoms with van der Waals surface area (Å²) in [5, 5.41) is 17.8. The number of carbonyl (C=O) groups is 1. The molecular formula is C10H21NO3. The summed E-state index contributed by atoms with van der Waals surface area (Å²) in [6.07, 6.45) is 2.60. The number of hydrogen-bond donors (Lipinski definition) is 2. The Kier molecular flexibility index (Phi) is 7.42. The monoisotopic (exact) mass is 203 g/mol. The molecule has 2 N–H and O–H groups in total. The summed E-state index contributed by atoms with van der Waals surface area (Å²) < 4.78 is 0. The van der Waals surface area contributed by atoms with E-state index in [1.165, 1.54) is 0 Å². The smallest absolute Gasteiger partial charge is 0.320 e. The zero-order valence-corrected chi connectivity index (χ0v) is 9.07. The molecule has 0 rings (SSSR count). The van der Waals surface area contributed by atoms with Gasteiger partial charge in [0.15, 0.2) is 0 Å². The van der Waals surface area contributed by atoms with Crippen LogP contribution in [0.3, 0.4) is 0 Å². The second-order valence-corrected chi connectivity index (χ2v) is 3.38. The van der Waals surface area contributed by atoms with Crippen molar-refractivity contribution in [2.45, 2.75) is 39.2 Å². The predicted octanol–water partition coefficient (Wildman–Crippen LogP) is 0.944. The molecule has 0 aromatic heterocycles. The number of carboxylic acids is 1. The van der Waals surface area contributed by atoms with Crippen LogP contribution < -0.4 is 0 Å². The molecule has 0 aromatic rings. The maximum absolute atomic E-state index is 10.9. The molecular weight excluding hydrogens is 182 g/mol. The SMILES string of the molecule is CCCCN(CCO)C(CC)C(=O)O. The van der Waals surface area contributed by atoms with E-state index >= 15 is 0 Å². The highest BCUT2D eigenvalue weighted by molar-refractivity contribution is 5.73. The predicted molar refractivity (Wildman–Crippen MR) is 55.3 cm³/mol. The van der Waals surface area contributed by atoms with Crippen molar-refractivity contribution in [1.29, 1.82) is 0 Å². The Morgan fingerprint density at radius 3 is 2.36 bits per heavy atom. The number of carboxylic acid groups (broad SMARTS) is 1. The van der Waals surface area contributed by atoms with Gasteiger partial charge in [-0.05, 0) is 19.4 Å². The van der Waals surface area contributed by atoms with Crippen molar-refractivity contribution >= 4 is 5.97 Å². The van der Waals surface area contributed by atoms with Crippen LogP contribution in [0.4, 0.5) is 0 Å². The molecule has 1 atom stereocenters. The lowest BCUT2D eigenvalue weighted by molar-refractivity contribution is -0.143. The average Bonchev–Trinajstić information content (AvgIpc) is 2.14. The van der Waals surface area contributed by atoms with Crippen LogP contribution in [-0.2, 0) is 4.79 Å². The van der Waals surface area contributed by atoms with Gasteiger partial charge in [0.25, 0.3) is 0 Å². The molecule has 0 heterocycles. The zero-order chi connectivity index (χ0) is 11.0. The van der Waals surface area contributed by atoms with Crippen molar-refractivity contribution in [1.82, 2.24) is 4.90 Å². The fraction of sp³-hybridized carbons (Fsp3) is 0.900. The van der Waals surface area contributed by atoms with Gasteiger partial charge in [0.1, 0.15) is 6.04 Å². The van der Waals surface area contributed by atoms with E-state index in [1.54, 1.807) is 0 Å². The number of aliphatic hydroxyl groups is 1. The lowest BCUT2D eigenvalue weighted by Crippen LogP contribution is -2.42. The van der Waals surface area contributed by atoms with Crippen molar-refractivity contribution in [2.24, 2.45) is 0 Å². The Labute approximate surface area is 85.5 Å². The van der Waals surface area contributed by atoms with Crippen LogP contribution in [0.15, 0.2) is 0 Å². The summed E-state index contributed by atoms with van der Waals surface area (Å²) in [5.74, 6) is -0.794. The van der Waals surface area contributed by atoms with Crippen LogP contribution in [0, 0.1) is 0 Å². The second-order valence-electron chi connectivity index (χ2n) is 3.38. The van der Waals surface area contributed by atoms with Gasteiger partial charge >= 0.3 is 5.97 Å². The standard InChI is InChI=1S/C10H21NO3/c1-3-5-6-11(7-8-12)9(4-2)10(13)14/h9,12H,3-8H2,1-2H3,(H,13,14). The molecule has 0 amide bonds. The van der Waals surface area contributed by atoms with E-state index in [0.29, 0.717) is 13.0 Å². The molecule has 4 nitrogen and oxygen atoms in total. The van der Waals surface area contributed by atoms with Crippen LogP contribution in [0.2, 0.25) is 0 Å². The van der Waals surface area contributed by atoms with Crippen LogP contribution in [0.25, 0.3) is 0 Å². The summed E-state index contributed by atoms with van der Waals surface area (Å²) in [5.41, 5.74) is 0. The van der Waals surface area contributed by atoms with Gasteiger partial charge in [0.05, 0.1) is 6.61 Å². The molecule has 0 saturated heterocycles. The Bertz CT molecular complexity index is 161. The number of aliphatic hydroxyl groups excluding tert-OH is 1. The highest BCUT2D eigenvalue weighted by atomic mass is 16.4. The summed E-state index contributed by atoms with van der Waals surface area (Å²) in [6.45, 7) is 5.15. The molecule has 0 spiro atoms. The third-order valence-electron chi connectivity index (χ3n) is 2.30. The van der Waals surface area contributed by atoms with Crippen molar-refractivity contribution in [3.8, 4) is 0 Å². The summed E-state index contributed by atoms with van der Waals surface area (Å²) in [7, 11) is 0. The first-order chi connectivity index (χ1) is 6.67. The van der Waals surface area contributed by atoms with Crippen molar-refractivity contribution in [3.63, 3.8) is 0 Å². The van der Waals surface area contributed by atoms with Gasteiger partial charge in [-0.25, -0.2) is 0 Å². The first-order valence-corrected chi connectivity index (χ1v) is 5.25. The van der Waals surface area contributed by atoms with Gasteiger partial charge in [-0.15, -0.1) is 0 Å². The maximum atomic E-state index is 10.9. The number of aliphatic carboxylic acids is 1. The first-order valence-electron chi connectivity index (χ1n) is 5.25. The minimum absolute atomic E-state index is 0.0213. The molecule has 0 aliphatic heterocycles. The molecule has 1 unspecified atom stereocenters. The summed E-state index contributed by atoms with van der Waals surface area (Å²) >= 11 is 0. The van der Waals surface area contributed by atoms with E-state index in [1.807, 2.05) is 11.8 Å². The zero-order valence-electron chi connectivity index (χ0n) is 9.07. The summed E-state index contributed by atoms with van der Waals surface area (Å²) in [6, 6.07) is -0.450. The Morgan fingerprint density at radius 2 is 2.00 bits per heavy atom. The molecule has 14 heavy (non-hydrogen) atoms. The normalized spacial score (nSPS) is 13.1. The van der Waals surface area contributed by atoms with Gasteiger partial charge in [0.2, 0.25) is 0 Å². The van der Waals surface area contributed by atoms with Gasteiger partial charge in [-0.2, -0.15) is 0 Å². The van der Waals surface area contributed by atoms with Crippen molar-refractivity contribution in [2.75, 3.05) is 19.7 Å². The van der Waals surface area contributed by atoms with Crippen molar-refractivity contribution in [3.05, 3.63) is 0 Å². The minimum Gasteiger partial charge on any atom is -0.480 e. The Morgan fingerprint density at radius 1 is 1.36 bits per heavy atom. The fourth-order valence-electron chi connectivity index (χ4n) is 1.50. The van der Waals surface area contributed by atoms with E-state index in [4.69, 9.17) is 10.2 Å². The molecule has 0 radical (unpaired) electrons. The largest absolute Gasteiger partial charge is 0.480 e. The topological polar surface area (TPSA) is 60.8 Å². The van der Waals surface area contributed by atoms with Crippen LogP contribution >= 0.6 is 0 Å².